The van der Waals surface area contributed by atoms with E-state index in [-0.39, 0.29) is 54.8 Å². The number of hydrogen-bond donors (Lipinski definition) is 0. The number of nitrogens with zero attached hydrogens (tertiary/aromatic N) is 3. The molecular formula is C30H50F3N3O3. The lowest BCUT2D eigenvalue weighted by Gasteiger charge is -2.46. The molecule has 224 valence electrons. The summed E-state index contributed by atoms with van der Waals surface area (Å²) >= 11 is 0. The van der Waals surface area contributed by atoms with Crippen LogP contribution in [0.25, 0.3) is 0 Å². The van der Waals surface area contributed by atoms with Gasteiger partial charge in [0.25, 0.3) is 0 Å². The zero-order valence-electron chi connectivity index (χ0n) is 24.0. The second-order valence-corrected chi connectivity index (χ2v) is 13.4. The van der Waals surface area contributed by atoms with Crippen molar-refractivity contribution in [2.75, 3.05) is 46.6 Å². The molecule has 0 spiro atoms. The van der Waals surface area contributed by atoms with Crippen molar-refractivity contribution in [2.45, 2.75) is 114 Å². The Labute approximate surface area is 232 Å². The van der Waals surface area contributed by atoms with Gasteiger partial charge in [-0.1, -0.05) is 26.2 Å². The van der Waals surface area contributed by atoms with Crippen LogP contribution in [0.4, 0.5) is 13.2 Å². The number of ether oxygens (including phenoxy) is 2. The number of piperazine rings is 1. The molecule has 0 N–H and O–H groups in total. The second kappa shape index (κ2) is 13.0. The van der Waals surface area contributed by atoms with Crippen LogP contribution in [0.15, 0.2) is 0 Å². The largest absolute Gasteiger partial charge is 0.391 e. The third kappa shape index (κ3) is 7.31. The number of rotatable bonds is 7. The summed E-state index contributed by atoms with van der Waals surface area (Å²) in [7, 11) is 1.86. The van der Waals surface area contributed by atoms with E-state index in [1.54, 1.807) is 0 Å². The SMILES string of the molecule is CC1CC(CCN(C)C(=O)C(C2CCC3OCOC3C2)N2CCN(C3CCCCC3)CC2)CC(C(F)(F)F)C1. The molecular weight excluding hydrogens is 507 g/mol. The minimum Gasteiger partial charge on any atom is -0.349 e. The Morgan fingerprint density at radius 1 is 0.923 bits per heavy atom. The lowest BCUT2D eigenvalue weighted by Crippen LogP contribution is -2.60. The third-order valence-electron chi connectivity index (χ3n) is 10.6. The van der Waals surface area contributed by atoms with Gasteiger partial charge in [-0.3, -0.25) is 14.6 Å². The molecule has 5 fully saturated rings. The molecule has 2 saturated heterocycles. The molecule has 0 radical (unpaired) electrons. The molecule has 0 aromatic heterocycles. The van der Waals surface area contributed by atoms with Gasteiger partial charge in [0.1, 0.15) is 6.79 Å². The van der Waals surface area contributed by atoms with Gasteiger partial charge < -0.3 is 14.4 Å². The second-order valence-electron chi connectivity index (χ2n) is 13.4. The van der Waals surface area contributed by atoms with Crippen molar-refractivity contribution >= 4 is 5.91 Å². The fraction of sp³-hybridized carbons (Fsp3) is 0.967. The molecule has 3 aliphatic carbocycles. The normalized spacial score (nSPS) is 36.4. The van der Waals surface area contributed by atoms with E-state index in [2.05, 4.69) is 9.80 Å². The Morgan fingerprint density at radius 3 is 2.36 bits per heavy atom. The average Bonchev–Trinajstić information content (AvgIpc) is 3.40. The first-order valence-electron chi connectivity index (χ1n) is 15.7. The highest BCUT2D eigenvalue weighted by Gasteiger charge is 2.46. The molecule has 39 heavy (non-hydrogen) atoms. The maximum Gasteiger partial charge on any atom is 0.391 e. The first kappa shape index (κ1) is 29.6. The van der Waals surface area contributed by atoms with E-state index in [0.29, 0.717) is 25.8 Å². The maximum absolute atomic E-state index is 14.1. The van der Waals surface area contributed by atoms with Gasteiger partial charge in [0.05, 0.1) is 24.2 Å². The molecule has 2 heterocycles. The molecule has 5 aliphatic rings. The van der Waals surface area contributed by atoms with Crippen LogP contribution in [0, 0.1) is 23.7 Å². The molecule has 7 unspecified atom stereocenters. The highest BCUT2D eigenvalue weighted by molar-refractivity contribution is 5.82. The van der Waals surface area contributed by atoms with E-state index in [0.717, 1.165) is 51.9 Å². The van der Waals surface area contributed by atoms with E-state index in [1.165, 1.54) is 32.1 Å². The highest BCUT2D eigenvalue weighted by atomic mass is 19.4. The van der Waals surface area contributed by atoms with Crippen molar-refractivity contribution in [1.29, 1.82) is 0 Å². The third-order valence-corrected chi connectivity index (χ3v) is 10.6. The average molecular weight is 558 g/mol. The molecule has 1 amide bonds. The van der Waals surface area contributed by atoms with Crippen LogP contribution in [-0.4, -0.2) is 97.6 Å². The van der Waals surface area contributed by atoms with Crippen molar-refractivity contribution in [3.63, 3.8) is 0 Å². The van der Waals surface area contributed by atoms with E-state index >= 15 is 0 Å². The highest BCUT2D eigenvalue weighted by Crippen LogP contribution is 2.43. The summed E-state index contributed by atoms with van der Waals surface area (Å²) in [5.41, 5.74) is 0. The van der Waals surface area contributed by atoms with Crippen molar-refractivity contribution < 1.29 is 27.4 Å². The van der Waals surface area contributed by atoms with Gasteiger partial charge in [-0.15, -0.1) is 0 Å². The number of halogens is 3. The zero-order valence-corrected chi connectivity index (χ0v) is 24.0. The summed E-state index contributed by atoms with van der Waals surface area (Å²) in [5, 5.41) is 0. The van der Waals surface area contributed by atoms with E-state index < -0.39 is 12.1 Å². The number of likely N-dealkylation sites (N-methyl/N-ethyl adjacent to an activating group) is 1. The van der Waals surface area contributed by atoms with E-state index in [1.807, 2.05) is 18.9 Å². The van der Waals surface area contributed by atoms with Crippen LogP contribution in [0.5, 0.6) is 0 Å². The van der Waals surface area contributed by atoms with Crippen LogP contribution < -0.4 is 0 Å². The van der Waals surface area contributed by atoms with E-state index in [4.69, 9.17) is 9.47 Å². The van der Waals surface area contributed by atoms with Gasteiger partial charge >= 0.3 is 6.18 Å². The minimum absolute atomic E-state index is 0.0209. The molecule has 9 heteroatoms. The Morgan fingerprint density at radius 2 is 1.64 bits per heavy atom. The number of hydrogen-bond acceptors (Lipinski definition) is 5. The lowest BCUT2D eigenvalue weighted by molar-refractivity contribution is -0.190. The summed E-state index contributed by atoms with van der Waals surface area (Å²) in [4.78, 5) is 21.0. The Kier molecular flexibility index (Phi) is 9.83. The fourth-order valence-electron chi connectivity index (χ4n) is 8.44. The quantitative estimate of drug-likeness (QED) is 0.425. The topological polar surface area (TPSA) is 45.3 Å². The number of amides is 1. The Bertz CT molecular complexity index is 800. The first-order valence-corrected chi connectivity index (χ1v) is 15.7. The number of carbonyl (C=O) groups excluding carboxylic acids is 1. The fourth-order valence-corrected chi connectivity index (χ4v) is 8.44. The van der Waals surface area contributed by atoms with Crippen molar-refractivity contribution in [1.82, 2.24) is 14.7 Å². The summed E-state index contributed by atoms with van der Waals surface area (Å²) in [6.07, 6.45) is 7.30. The molecule has 6 nitrogen and oxygen atoms in total. The molecule has 3 saturated carbocycles. The number of alkyl halides is 3. The standard InChI is InChI=1S/C30H50F3N3O3/c1-21-16-22(18-24(17-21)30(31,32)33)10-11-34(2)29(37)28(23-8-9-26-27(19-23)39-20-38-26)36-14-12-35(13-15-36)25-6-4-3-5-7-25/h21-28H,3-20H2,1-2H3. The van der Waals surface area contributed by atoms with Crippen LogP contribution in [-0.2, 0) is 14.3 Å². The summed E-state index contributed by atoms with van der Waals surface area (Å²) in [5.74, 6) is -0.751. The lowest BCUT2D eigenvalue weighted by atomic mass is 9.74. The van der Waals surface area contributed by atoms with Gasteiger partial charge in [-0.2, -0.15) is 13.2 Å². The smallest absolute Gasteiger partial charge is 0.349 e. The predicted molar refractivity (Wildman–Crippen MR) is 144 cm³/mol. The first-order chi connectivity index (χ1) is 18.7. The molecule has 5 rings (SSSR count). The Hall–Kier alpha value is -0.900. The monoisotopic (exact) mass is 557 g/mol. The maximum atomic E-state index is 14.1. The summed E-state index contributed by atoms with van der Waals surface area (Å²) < 4.78 is 52.1. The number of carbonyl (C=O) groups is 1. The van der Waals surface area contributed by atoms with Crippen LogP contribution in [0.3, 0.4) is 0 Å². The zero-order chi connectivity index (χ0) is 27.6. The van der Waals surface area contributed by atoms with E-state index in [9.17, 15) is 18.0 Å². The van der Waals surface area contributed by atoms with Gasteiger partial charge in [-0.05, 0) is 75.5 Å². The summed E-state index contributed by atoms with van der Waals surface area (Å²) in [6.45, 7) is 6.63. The van der Waals surface area contributed by atoms with Crippen LogP contribution in [0.1, 0.15) is 84.0 Å². The van der Waals surface area contributed by atoms with Crippen molar-refractivity contribution in [2.24, 2.45) is 23.7 Å². The van der Waals surface area contributed by atoms with Crippen molar-refractivity contribution in [3.8, 4) is 0 Å². The predicted octanol–water partition coefficient (Wildman–Crippen LogP) is 5.31. The molecule has 0 aromatic rings. The molecule has 7 atom stereocenters. The molecule has 0 aromatic carbocycles. The van der Waals surface area contributed by atoms with Gasteiger partial charge in [0.2, 0.25) is 5.91 Å². The molecule has 2 aliphatic heterocycles. The van der Waals surface area contributed by atoms with Gasteiger partial charge in [0.15, 0.2) is 0 Å². The Balaban J connectivity index is 1.21. The summed E-state index contributed by atoms with van der Waals surface area (Å²) in [6, 6.07) is 0.498. The van der Waals surface area contributed by atoms with Gasteiger partial charge in [0, 0.05) is 45.8 Å². The van der Waals surface area contributed by atoms with Crippen LogP contribution in [0.2, 0.25) is 0 Å². The number of fused-ring (bicyclic) bond motifs is 1. The minimum atomic E-state index is -4.12. The van der Waals surface area contributed by atoms with Gasteiger partial charge in [-0.25, -0.2) is 0 Å². The molecule has 0 bridgehead atoms. The van der Waals surface area contributed by atoms with Crippen molar-refractivity contribution in [3.05, 3.63) is 0 Å². The van der Waals surface area contributed by atoms with Crippen LogP contribution >= 0.6 is 0 Å².